The summed E-state index contributed by atoms with van der Waals surface area (Å²) in [6.45, 7) is 7.83. The summed E-state index contributed by atoms with van der Waals surface area (Å²) in [6.07, 6.45) is 0.896. The molecule has 1 aromatic carbocycles. The number of rotatable bonds is 4. The molecule has 1 fully saturated rings. The number of aldehydes is 1. The maximum atomic E-state index is 11.4. The molecule has 0 bridgehead atoms. The van der Waals surface area contributed by atoms with Crippen molar-refractivity contribution in [3.05, 3.63) is 28.8 Å². The third kappa shape index (κ3) is 3.15. The van der Waals surface area contributed by atoms with Crippen LogP contribution in [0.3, 0.4) is 0 Å². The molecule has 118 valence electrons. The van der Waals surface area contributed by atoms with Crippen molar-refractivity contribution in [1.29, 1.82) is 10.5 Å². The highest BCUT2D eigenvalue weighted by Gasteiger charge is 2.51. The van der Waals surface area contributed by atoms with Crippen molar-refractivity contribution < 1.29 is 14.1 Å². The Morgan fingerprint density at radius 2 is 1.48 bits per heavy atom. The van der Waals surface area contributed by atoms with Gasteiger partial charge in [0.2, 0.25) is 0 Å². The first-order chi connectivity index (χ1) is 10.8. The van der Waals surface area contributed by atoms with Gasteiger partial charge in [-0.15, -0.1) is 0 Å². The molecule has 1 heterocycles. The number of hydrogen-bond donors (Lipinski definition) is 0. The van der Waals surface area contributed by atoms with Gasteiger partial charge < -0.3 is 9.31 Å². The maximum absolute atomic E-state index is 11.4. The van der Waals surface area contributed by atoms with E-state index in [4.69, 9.17) is 19.8 Å². The summed E-state index contributed by atoms with van der Waals surface area (Å²) in [5.41, 5.74) is 1.37. The van der Waals surface area contributed by atoms with Gasteiger partial charge in [0.25, 0.3) is 0 Å². The standard InChI is InChI=1S/C17H19BN2O3/c1-16(2)17(3,4)23-18(22-16)14-9-12(5-7-19)15(11-21)13(10-14)6-8-20/h9-11H,5-6H2,1-4H3. The van der Waals surface area contributed by atoms with Crippen molar-refractivity contribution >= 4 is 18.9 Å². The number of hydrogen-bond acceptors (Lipinski definition) is 5. The molecule has 0 amide bonds. The molecule has 5 nitrogen and oxygen atoms in total. The molecule has 0 N–H and O–H groups in total. The van der Waals surface area contributed by atoms with Crippen LogP contribution in [-0.2, 0) is 22.2 Å². The van der Waals surface area contributed by atoms with Gasteiger partial charge in [0.15, 0.2) is 6.29 Å². The highest BCUT2D eigenvalue weighted by atomic mass is 16.7. The van der Waals surface area contributed by atoms with E-state index in [2.05, 4.69) is 12.1 Å². The van der Waals surface area contributed by atoms with E-state index in [9.17, 15) is 4.79 Å². The van der Waals surface area contributed by atoms with Crippen molar-refractivity contribution in [2.24, 2.45) is 0 Å². The summed E-state index contributed by atoms with van der Waals surface area (Å²) in [7, 11) is -0.587. The van der Waals surface area contributed by atoms with Crippen LogP contribution >= 0.6 is 0 Å². The quantitative estimate of drug-likeness (QED) is 0.627. The molecular formula is C17H19BN2O3. The van der Waals surface area contributed by atoms with Crippen LogP contribution in [0.5, 0.6) is 0 Å². The van der Waals surface area contributed by atoms with Crippen molar-refractivity contribution in [1.82, 2.24) is 0 Å². The second-order valence-electron chi connectivity index (χ2n) is 6.63. The number of nitrogens with zero attached hydrogens (tertiary/aromatic N) is 2. The highest BCUT2D eigenvalue weighted by molar-refractivity contribution is 6.62. The lowest BCUT2D eigenvalue weighted by molar-refractivity contribution is 0.00578. The third-order valence-corrected chi connectivity index (χ3v) is 4.56. The molecule has 6 heteroatoms. The lowest BCUT2D eigenvalue weighted by Crippen LogP contribution is -2.41. The number of benzene rings is 1. The molecular weight excluding hydrogens is 291 g/mol. The van der Waals surface area contributed by atoms with E-state index in [1.165, 1.54) is 0 Å². The Labute approximate surface area is 137 Å². The van der Waals surface area contributed by atoms with E-state index >= 15 is 0 Å². The van der Waals surface area contributed by atoms with E-state index in [0.29, 0.717) is 23.0 Å². The molecule has 1 aromatic rings. The summed E-state index contributed by atoms with van der Waals surface area (Å²) in [4.78, 5) is 11.4. The van der Waals surface area contributed by atoms with Crippen molar-refractivity contribution in [3.63, 3.8) is 0 Å². The average molecular weight is 310 g/mol. The zero-order valence-corrected chi connectivity index (χ0v) is 13.8. The van der Waals surface area contributed by atoms with Gasteiger partial charge in [0.05, 0.1) is 36.2 Å². The van der Waals surface area contributed by atoms with E-state index in [1.54, 1.807) is 12.1 Å². The topological polar surface area (TPSA) is 83.1 Å². The zero-order chi connectivity index (χ0) is 17.3. The summed E-state index contributed by atoms with van der Waals surface area (Å²) in [6, 6.07) is 7.63. The fraction of sp³-hybridized carbons (Fsp3) is 0.471. The lowest BCUT2D eigenvalue weighted by atomic mass is 9.76. The molecule has 2 rings (SSSR count). The van der Waals surface area contributed by atoms with Crippen LogP contribution in [0, 0.1) is 22.7 Å². The maximum Gasteiger partial charge on any atom is 0.494 e. The molecule has 0 unspecified atom stereocenters. The predicted octanol–water partition coefficient (Wildman–Crippen LogP) is 1.93. The van der Waals surface area contributed by atoms with Crippen LogP contribution in [0.2, 0.25) is 0 Å². The Hall–Kier alpha value is -2.15. The average Bonchev–Trinajstić information content (AvgIpc) is 2.68. The third-order valence-electron chi connectivity index (χ3n) is 4.56. The molecule has 0 saturated carbocycles. The SMILES string of the molecule is CC1(C)OB(c2cc(CC#N)c(C=O)c(CC#N)c2)OC1(C)C. The van der Waals surface area contributed by atoms with E-state index in [0.717, 1.165) is 5.46 Å². The summed E-state index contributed by atoms with van der Waals surface area (Å²) in [5, 5.41) is 18.0. The van der Waals surface area contributed by atoms with Crippen LogP contribution in [0.4, 0.5) is 0 Å². The van der Waals surface area contributed by atoms with Crippen molar-refractivity contribution in [2.75, 3.05) is 0 Å². The minimum atomic E-state index is -0.587. The molecule has 0 aromatic heterocycles. The van der Waals surface area contributed by atoms with Crippen LogP contribution in [0.25, 0.3) is 0 Å². The van der Waals surface area contributed by atoms with E-state index in [1.807, 2.05) is 27.7 Å². The van der Waals surface area contributed by atoms with Crippen molar-refractivity contribution in [2.45, 2.75) is 51.7 Å². The summed E-state index contributed by atoms with van der Waals surface area (Å²) < 4.78 is 12.0. The fourth-order valence-electron chi connectivity index (χ4n) is 2.54. The van der Waals surface area contributed by atoms with E-state index in [-0.39, 0.29) is 12.8 Å². The smallest absolute Gasteiger partial charge is 0.399 e. The second kappa shape index (κ2) is 6.16. The largest absolute Gasteiger partial charge is 0.494 e. The molecule has 0 aliphatic carbocycles. The number of nitriles is 2. The van der Waals surface area contributed by atoms with Gasteiger partial charge in [-0.2, -0.15) is 10.5 Å². The van der Waals surface area contributed by atoms with Gasteiger partial charge in [0, 0.05) is 5.56 Å². The Kier molecular flexibility index (Phi) is 4.61. The van der Waals surface area contributed by atoms with Crippen LogP contribution < -0.4 is 5.46 Å². The minimum Gasteiger partial charge on any atom is -0.399 e. The fourth-order valence-corrected chi connectivity index (χ4v) is 2.54. The van der Waals surface area contributed by atoms with Gasteiger partial charge in [0.1, 0.15) is 0 Å². The molecule has 23 heavy (non-hydrogen) atoms. The first-order valence-electron chi connectivity index (χ1n) is 7.46. The van der Waals surface area contributed by atoms with Gasteiger partial charge in [-0.25, -0.2) is 0 Å². The molecule has 1 saturated heterocycles. The van der Waals surface area contributed by atoms with Gasteiger partial charge in [-0.05, 0) is 44.3 Å². The Balaban J connectivity index is 2.50. The molecule has 1 aliphatic heterocycles. The highest BCUT2D eigenvalue weighted by Crippen LogP contribution is 2.36. The van der Waals surface area contributed by atoms with Crippen LogP contribution in [0.1, 0.15) is 49.2 Å². The normalized spacial score (nSPS) is 18.3. The van der Waals surface area contributed by atoms with Crippen LogP contribution in [0.15, 0.2) is 12.1 Å². The van der Waals surface area contributed by atoms with Gasteiger partial charge in [-0.1, -0.05) is 12.1 Å². The first kappa shape index (κ1) is 17.2. The van der Waals surface area contributed by atoms with Gasteiger partial charge in [-0.3, -0.25) is 4.79 Å². The second-order valence-corrected chi connectivity index (χ2v) is 6.63. The van der Waals surface area contributed by atoms with E-state index < -0.39 is 18.3 Å². The Bertz CT molecular complexity index is 661. The summed E-state index contributed by atoms with van der Waals surface area (Å²) in [5.74, 6) is 0. The van der Waals surface area contributed by atoms with Gasteiger partial charge >= 0.3 is 7.12 Å². The number of carbonyl (C=O) groups excluding carboxylic acids is 1. The molecule has 0 atom stereocenters. The molecule has 0 spiro atoms. The monoisotopic (exact) mass is 310 g/mol. The Morgan fingerprint density at radius 1 is 1.04 bits per heavy atom. The number of carbonyl (C=O) groups is 1. The molecule has 1 aliphatic rings. The first-order valence-corrected chi connectivity index (χ1v) is 7.46. The predicted molar refractivity (Wildman–Crippen MR) is 86.2 cm³/mol. The lowest BCUT2D eigenvalue weighted by Gasteiger charge is -2.32. The minimum absolute atomic E-state index is 0.0971. The molecule has 0 radical (unpaired) electrons. The summed E-state index contributed by atoms with van der Waals surface area (Å²) >= 11 is 0. The van der Waals surface area contributed by atoms with Crippen LogP contribution in [-0.4, -0.2) is 24.6 Å². The van der Waals surface area contributed by atoms with Crippen molar-refractivity contribution in [3.8, 4) is 12.1 Å². The Morgan fingerprint density at radius 3 is 1.83 bits per heavy atom. The zero-order valence-electron chi connectivity index (χ0n) is 13.8.